The second-order valence-corrected chi connectivity index (χ2v) is 14.7. The molecule has 0 aromatic heterocycles. The van der Waals surface area contributed by atoms with E-state index >= 15 is 0 Å². The molecule has 0 radical (unpaired) electrons. The summed E-state index contributed by atoms with van der Waals surface area (Å²) in [6.07, 6.45) is 11.0. The van der Waals surface area contributed by atoms with Gasteiger partial charge in [0.1, 0.15) is 6.07 Å². The third-order valence-corrected chi connectivity index (χ3v) is 11.7. The molecule has 0 bridgehead atoms. The average molecular weight is 489 g/mol. The van der Waals surface area contributed by atoms with Gasteiger partial charge in [-0.1, -0.05) is 60.1 Å². The largest absolute Gasteiger partial charge is 0.295 e. The Morgan fingerprint density at radius 2 is 1.47 bits per heavy atom. The van der Waals surface area contributed by atoms with E-state index in [1.165, 1.54) is 0 Å². The van der Waals surface area contributed by atoms with Crippen LogP contribution >= 0.6 is 0 Å². The number of nitriles is 2. The molecule has 0 N–H and O–H groups in total. The van der Waals surface area contributed by atoms with Gasteiger partial charge < -0.3 is 0 Å². The van der Waals surface area contributed by atoms with E-state index in [1.54, 1.807) is 0 Å². The summed E-state index contributed by atoms with van der Waals surface area (Å²) < 4.78 is 0. The molecule has 4 aliphatic carbocycles. The monoisotopic (exact) mass is 488 g/mol. The molecule has 6 atom stereocenters. The Kier molecular flexibility index (Phi) is 6.08. The van der Waals surface area contributed by atoms with Crippen molar-refractivity contribution in [1.29, 1.82) is 10.5 Å². The number of nitrogens with zero attached hydrogens (tertiary/aromatic N) is 2. The van der Waals surface area contributed by atoms with E-state index in [4.69, 9.17) is 0 Å². The molecule has 4 nitrogen and oxygen atoms in total. The van der Waals surface area contributed by atoms with E-state index in [-0.39, 0.29) is 45.2 Å². The molecule has 0 heterocycles. The molecule has 4 rings (SSSR count). The molecule has 2 saturated carbocycles. The van der Waals surface area contributed by atoms with Gasteiger partial charge in [0.25, 0.3) is 0 Å². The van der Waals surface area contributed by atoms with Crippen molar-refractivity contribution in [1.82, 2.24) is 0 Å². The minimum absolute atomic E-state index is 0.0460. The average Bonchev–Trinajstić information content (AvgIpc) is 2.80. The predicted molar refractivity (Wildman–Crippen MR) is 141 cm³/mol. The lowest BCUT2D eigenvalue weighted by molar-refractivity contribution is -0.139. The van der Waals surface area contributed by atoms with Gasteiger partial charge in [-0.15, -0.1) is 0 Å². The standard InChI is InChI=1S/C32H44N2O2/c1-27(2)11-9-22-23(35)17-25-30(6)18-21(19-33)26(36)28(3,4)24(30)10-12-32(25,8)31(22,7)16-15-29(5,20-34)14-13-27/h17-18,22,24H,9-16H2,1-8H3/t22?,24-,29-,30-,31+,32+/m0/s1. The Morgan fingerprint density at radius 1 is 0.833 bits per heavy atom. The summed E-state index contributed by atoms with van der Waals surface area (Å²) in [7, 11) is 0. The zero-order valence-corrected chi connectivity index (χ0v) is 23.7. The third-order valence-electron chi connectivity index (χ3n) is 11.7. The second-order valence-electron chi connectivity index (χ2n) is 14.7. The molecule has 0 aromatic carbocycles. The second kappa shape index (κ2) is 8.15. The fourth-order valence-corrected chi connectivity index (χ4v) is 8.70. The maximum atomic E-state index is 14.0. The fraction of sp³-hybridized carbons (Fsp3) is 0.750. The highest BCUT2D eigenvalue weighted by molar-refractivity contribution is 6.04. The van der Waals surface area contributed by atoms with Gasteiger partial charge in [-0.25, -0.2) is 0 Å². The lowest BCUT2D eigenvalue weighted by Crippen LogP contribution is -2.60. The highest BCUT2D eigenvalue weighted by atomic mass is 16.1. The van der Waals surface area contributed by atoms with E-state index in [0.29, 0.717) is 0 Å². The Balaban J connectivity index is 1.91. The Labute approximate surface area is 218 Å². The smallest absolute Gasteiger partial charge is 0.178 e. The van der Waals surface area contributed by atoms with Gasteiger partial charge >= 0.3 is 0 Å². The van der Waals surface area contributed by atoms with Gasteiger partial charge in [0.2, 0.25) is 0 Å². The maximum absolute atomic E-state index is 14.0. The molecule has 0 aliphatic heterocycles. The summed E-state index contributed by atoms with van der Waals surface area (Å²) in [6.45, 7) is 17.4. The number of carbonyl (C=O) groups is 2. The molecule has 194 valence electrons. The van der Waals surface area contributed by atoms with Crippen LogP contribution in [0.25, 0.3) is 0 Å². The SMILES string of the molecule is CC1(C)CCC2C(=O)C=C3[C@@]4(C)C=C(C#N)C(=O)C(C)(C)[C@@H]4CC[C@@]3(C)[C@]2(C)CC[C@@](C)(C#N)CC1. The molecule has 4 heteroatoms. The van der Waals surface area contributed by atoms with Crippen molar-refractivity contribution in [3.05, 3.63) is 23.3 Å². The maximum Gasteiger partial charge on any atom is 0.178 e. The molecule has 0 spiro atoms. The number of allylic oxidation sites excluding steroid dienone is 4. The summed E-state index contributed by atoms with van der Waals surface area (Å²) >= 11 is 0. The fourth-order valence-electron chi connectivity index (χ4n) is 8.70. The van der Waals surface area contributed by atoms with Crippen molar-refractivity contribution in [3.63, 3.8) is 0 Å². The third kappa shape index (κ3) is 3.66. The van der Waals surface area contributed by atoms with Gasteiger partial charge in [-0.2, -0.15) is 10.5 Å². The van der Waals surface area contributed by atoms with Gasteiger partial charge in [0.05, 0.1) is 17.1 Å². The zero-order chi connectivity index (χ0) is 26.9. The van der Waals surface area contributed by atoms with E-state index < -0.39 is 16.2 Å². The summed E-state index contributed by atoms with van der Waals surface area (Å²) in [5.41, 5.74) is -0.694. The first kappa shape index (κ1) is 26.9. The van der Waals surface area contributed by atoms with Crippen molar-refractivity contribution in [3.8, 4) is 12.1 Å². The van der Waals surface area contributed by atoms with E-state index in [9.17, 15) is 20.1 Å². The van der Waals surface area contributed by atoms with Crippen LogP contribution in [-0.4, -0.2) is 11.6 Å². The van der Waals surface area contributed by atoms with Gasteiger partial charge in [-0.3, -0.25) is 9.59 Å². The summed E-state index contributed by atoms with van der Waals surface area (Å²) in [5.74, 6) is 0.0891. The number of hydrogen-bond donors (Lipinski definition) is 0. The number of ketones is 2. The highest BCUT2D eigenvalue weighted by Crippen LogP contribution is 2.70. The lowest BCUT2D eigenvalue weighted by atomic mass is 9.38. The minimum atomic E-state index is -0.655. The number of rotatable bonds is 0. The van der Waals surface area contributed by atoms with Gasteiger partial charge in [0, 0.05) is 16.7 Å². The Bertz CT molecular complexity index is 1140. The topological polar surface area (TPSA) is 81.7 Å². The van der Waals surface area contributed by atoms with Gasteiger partial charge in [0.15, 0.2) is 11.6 Å². The molecule has 0 amide bonds. The lowest BCUT2D eigenvalue weighted by Gasteiger charge is -2.65. The summed E-state index contributed by atoms with van der Waals surface area (Å²) in [5, 5.41) is 20.0. The van der Waals surface area contributed by atoms with Crippen molar-refractivity contribution in [2.24, 2.45) is 44.3 Å². The Morgan fingerprint density at radius 3 is 2.08 bits per heavy atom. The van der Waals surface area contributed by atoms with Crippen LogP contribution in [0.2, 0.25) is 0 Å². The van der Waals surface area contributed by atoms with Crippen molar-refractivity contribution >= 4 is 11.6 Å². The first-order valence-corrected chi connectivity index (χ1v) is 13.9. The van der Waals surface area contributed by atoms with Crippen LogP contribution in [0, 0.1) is 67.0 Å². The van der Waals surface area contributed by atoms with E-state index in [0.717, 1.165) is 56.9 Å². The molecular formula is C32H44N2O2. The number of carbonyl (C=O) groups excluding carboxylic acids is 2. The summed E-state index contributed by atoms with van der Waals surface area (Å²) in [4.78, 5) is 27.2. The predicted octanol–water partition coefficient (Wildman–Crippen LogP) is 7.51. The quantitative estimate of drug-likeness (QED) is 0.353. The molecular weight excluding hydrogens is 444 g/mol. The first-order valence-electron chi connectivity index (χ1n) is 13.9. The van der Waals surface area contributed by atoms with Gasteiger partial charge in [-0.05, 0) is 86.5 Å². The summed E-state index contributed by atoms with van der Waals surface area (Å²) in [6, 6.07) is 4.82. The van der Waals surface area contributed by atoms with Crippen LogP contribution in [0.3, 0.4) is 0 Å². The minimum Gasteiger partial charge on any atom is -0.295 e. The number of fused-ring (bicyclic) bond motifs is 5. The van der Waals surface area contributed by atoms with Crippen LogP contribution in [0.1, 0.15) is 107 Å². The van der Waals surface area contributed by atoms with Crippen LogP contribution in [0.15, 0.2) is 23.3 Å². The van der Waals surface area contributed by atoms with Crippen molar-refractivity contribution in [2.75, 3.05) is 0 Å². The van der Waals surface area contributed by atoms with E-state index in [2.05, 4.69) is 53.7 Å². The number of hydrogen-bond acceptors (Lipinski definition) is 4. The van der Waals surface area contributed by atoms with Crippen LogP contribution in [-0.2, 0) is 9.59 Å². The van der Waals surface area contributed by atoms with Crippen LogP contribution in [0.4, 0.5) is 0 Å². The van der Waals surface area contributed by atoms with E-state index in [1.807, 2.05) is 26.0 Å². The highest BCUT2D eigenvalue weighted by Gasteiger charge is 2.65. The molecule has 0 saturated heterocycles. The first-order chi connectivity index (χ1) is 16.5. The van der Waals surface area contributed by atoms with Crippen LogP contribution < -0.4 is 0 Å². The normalized spacial score (nSPS) is 43.9. The molecule has 2 fully saturated rings. The molecule has 0 aromatic rings. The Hall–Kier alpha value is -2.20. The molecule has 4 aliphatic rings. The zero-order valence-electron chi connectivity index (χ0n) is 23.7. The van der Waals surface area contributed by atoms with Crippen molar-refractivity contribution in [2.45, 2.75) is 107 Å². The number of Topliss-reactive ketones (excluding diaryl/α,β-unsaturated/α-hetero) is 1. The molecule has 36 heavy (non-hydrogen) atoms. The van der Waals surface area contributed by atoms with Crippen LogP contribution in [0.5, 0.6) is 0 Å². The van der Waals surface area contributed by atoms with Crippen molar-refractivity contribution < 1.29 is 9.59 Å². The molecule has 1 unspecified atom stereocenters.